The van der Waals surface area contributed by atoms with Crippen LogP contribution in [0.3, 0.4) is 0 Å². The summed E-state index contributed by atoms with van der Waals surface area (Å²) in [4.78, 5) is 23.5. The standard InChI is InChI=1S/C18H20BrN3O3S/c1-11(2)9-15(23)20-18(26)22-21-16(24)10-25-14-8-7-12-5-3-4-6-13(12)17(14)19/h3-8,11H,9-10H2,1-2H3,(H,21,24)(H2,20,22,23,26). The van der Waals surface area contributed by atoms with Gasteiger partial charge in [-0.05, 0) is 50.9 Å². The van der Waals surface area contributed by atoms with Crippen LogP contribution < -0.4 is 20.9 Å². The maximum Gasteiger partial charge on any atom is 0.276 e. The predicted octanol–water partition coefficient (Wildman–Crippen LogP) is 3.05. The van der Waals surface area contributed by atoms with Crippen molar-refractivity contribution in [3.8, 4) is 5.75 Å². The lowest BCUT2D eigenvalue weighted by Gasteiger charge is -2.13. The second-order valence-corrected chi connectivity index (χ2v) is 7.24. The van der Waals surface area contributed by atoms with Crippen LogP contribution in [0.15, 0.2) is 40.9 Å². The number of carbonyl (C=O) groups is 2. The van der Waals surface area contributed by atoms with Gasteiger partial charge in [0.2, 0.25) is 5.91 Å². The SMILES string of the molecule is CC(C)CC(=O)NC(=S)NNC(=O)COc1ccc2ccccc2c1Br. The van der Waals surface area contributed by atoms with E-state index < -0.39 is 5.91 Å². The second kappa shape index (κ2) is 9.49. The van der Waals surface area contributed by atoms with Gasteiger partial charge in [-0.3, -0.25) is 20.4 Å². The van der Waals surface area contributed by atoms with Gasteiger partial charge in [-0.15, -0.1) is 0 Å². The Labute approximate surface area is 165 Å². The van der Waals surface area contributed by atoms with Crippen LogP contribution in [0.1, 0.15) is 20.3 Å². The highest BCUT2D eigenvalue weighted by atomic mass is 79.9. The van der Waals surface area contributed by atoms with Gasteiger partial charge in [-0.1, -0.05) is 44.2 Å². The van der Waals surface area contributed by atoms with Crippen molar-refractivity contribution in [2.24, 2.45) is 5.92 Å². The molecule has 0 atom stereocenters. The molecule has 0 aliphatic rings. The van der Waals surface area contributed by atoms with E-state index in [1.165, 1.54) is 0 Å². The molecule has 2 amide bonds. The number of fused-ring (bicyclic) bond motifs is 1. The average Bonchev–Trinajstić information content (AvgIpc) is 2.59. The summed E-state index contributed by atoms with van der Waals surface area (Å²) in [6.45, 7) is 3.66. The van der Waals surface area contributed by atoms with Crippen molar-refractivity contribution in [2.75, 3.05) is 6.61 Å². The van der Waals surface area contributed by atoms with Crippen molar-refractivity contribution in [2.45, 2.75) is 20.3 Å². The fourth-order valence-corrected chi connectivity index (χ4v) is 2.98. The van der Waals surface area contributed by atoms with E-state index in [0.717, 1.165) is 15.2 Å². The zero-order valence-corrected chi connectivity index (χ0v) is 16.9. The summed E-state index contributed by atoms with van der Waals surface area (Å²) in [6.07, 6.45) is 0.356. The zero-order chi connectivity index (χ0) is 19.1. The molecule has 0 fully saturated rings. The molecule has 0 aromatic heterocycles. The van der Waals surface area contributed by atoms with Gasteiger partial charge in [0, 0.05) is 6.42 Å². The van der Waals surface area contributed by atoms with Crippen molar-refractivity contribution in [3.05, 3.63) is 40.9 Å². The van der Waals surface area contributed by atoms with Crippen molar-refractivity contribution in [1.29, 1.82) is 0 Å². The average molecular weight is 438 g/mol. The second-order valence-electron chi connectivity index (χ2n) is 6.04. The molecule has 0 unspecified atom stereocenters. The van der Waals surface area contributed by atoms with E-state index in [2.05, 4.69) is 32.1 Å². The normalized spacial score (nSPS) is 10.5. The number of ether oxygens (including phenoxy) is 1. The van der Waals surface area contributed by atoms with Crippen LogP contribution in [0, 0.1) is 5.92 Å². The molecule has 26 heavy (non-hydrogen) atoms. The van der Waals surface area contributed by atoms with Crippen molar-refractivity contribution in [3.63, 3.8) is 0 Å². The Balaban J connectivity index is 1.81. The molecule has 6 nitrogen and oxygen atoms in total. The van der Waals surface area contributed by atoms with E-state index in [-0.39, 0.29) is 23.5 Å². The maximum atomic E-state index is 11.9. The number of halogens is 1. The van der Waals surface area contributed by atoms with Crippen LogP contribution in [-0.4, -0.2) is 23.5 Å². The van der Waals surface area contributed by atoms with E-state index in [0.29, 0.717) is 12.2 Å². The number of rotatable bonds is 5. The molecule has 8 heteroatoms. The summed E-state index contributed by atoms with van der Waals surface area (Å²) in [5.41, 5.74) is 4.86. The Morgan fingerprint density at radius 3 is 2.58 bits per heavy atom. The summed E-state index contributed by atoms with van der Waals surface area (Å²) in [6, 6.07) is 11.6. The molecule has 0 aliphatic carbocycles. The monoisotopic (exact) mass is 437 g/mol. The first-order valence-corrected chi connectivity index (χ1v) is 9.25. The largest absolute Gasteiger partial charge is 0.483 e. The van der Waals surface area contributed by atoms with Crippen LogP contribution >= 0.6 is 28.1 Å². The summed E-state index contributed by atoms with van der Waals surface area (Å²) in [7, 11) is 0. The number of hydrogen-bond donors (Lipinski definition) is 3. The third kappa shape index (κ3) is 5.96. The van der Waals surface area contributed by atoms with E-state index in [1.807, 2.05) is 44.2 Å². The number of nitrogens with one attached hydrogen (secondary N) is 3. The van der Waals surface area contributed by atoms with Crippen LogP contribution in [0.4, 0.5) is 0 Å². The lowest BCUT2D eigenvalue weighted by molar-refractivity contribution is -0.124. The minimum Gasteiger partial charge on any atom is -0.483 e. The van der Waals surface area contributed by atoms with E-state index in [9.17, 15) is 9.59 Å². The fourth-order valence-electron chi connectivity index (χ4n) is 2.21. The van der Waals surface area contributed by atoms with E-state index in [1.54, 1.807) is 6.07 Å². The van der Waals surface area contributed by atoms with Crippen molar-refractivity contribution >= 4 is 55.8 Å². The zero-order valence-electron chi connectivity index (χ0n) is 14.5. The molecule has 2 rings (SSSR count). The van der Waals surface area contributed by atoms with Crippen molar-refractivity contribution in [1.82, 2.24) is 16.2 Å². The lowest BCUT2D eigenvalue weighted by Crippen LogP contribution is -2.49. The Bertz CT molecular complexity index is 826. The summed E-state index contributed by atoms with van der Waals surface area (Å²) in [5, 5.41) is 4.59. The summed E-state index contributed by atoms with van der Waals surface area (Å²) < 4.78 is 6.33. The van der Waals surface area contributed by atoms with Crippen LogP contribution in [0.5, 0.6) is 5.75 Å². The van der Waals surface area contributed by atoms with Gasteiger partial charge in [0.05, 0.1) is 4.47 Å². The van der Waals surface area contributed by atoms with E-state index in [4.69, 9.17) is 17.0 Å². The quantitative estimate of drug-likeness (QED) is 0.494. The summed E-state index contributed by atoms with van der Waals surface area (Å²) >= 11 is 8.45. The van der Waals surface area contributed by atoms with Gasteiger partial charge in [-0.25, -0.2) is 0 Å². The molecule has 138 valence electrons. The van der Waals surface area contributed by atoms with Gasteiger partial charge >= 0.3 is 0 Å². The number of carbonyl (C=O) groups excluding carboxylic acids is 2. The first-order chi connectivity index (χ1) is 12.4. The van der Waals surface area contributed by atoms with Crippen LogP contribution in [-0.2, 0) is 9.59 Å². The topological polar surface area (TPSA) is 79.5 Å². The van der Waals surface area contributed by atoms with Gasteiger partial charge < -0.3 is 10.1 Å². The highest BCUT2D eigenvalue weighted by Crippen LogP contribution is 2.32. The molecule has 2 aromatic rings. The smallest absolute Gasteiger partial charge is 0.276 e. The number of hydrazine groups is 1. The molecule has 3 N–H and O–H groups in total. The fraction of sp³-hybridized carbons (Fsp3) is 0.278. The van der Waals surface area contributed by atoms with E-state index >= 15 is 0 Å². The van der Waals surface area contributed by atoms with Crippen LogP contribution in [0.2, 0.25) is 0 Å². The number of thiocarbonyl (C=S) groups is 1. The third-order valence-corrected chi connectivity index (χ3v) is 4.37. The van der Waals surface area contributed by atoms with Crippen molar-refractivity contribution < 1.29 is 14.3 Å². The highest BCUT2D eigenvalue weighted by molar-refractivity contribution is 9.10. The maximum absolute atomic E-state index is 11.9. The van der Waals surface area contributed by atoms with Gasteiger partial charge in [-0.2, -0.15) is 0 Å². The first kappa shape index (κ1) is 20.1. The van der Waals surface area contributed by atoms with Crippen LogP contribution in [0.25, 0.3) is 10.8 Å². The molecule has 0 aliphatic heterocycles. The minimum atomic E-state index is -0.425. The first-order valence-electron chi connectivity index (χ1n) is 8.05. The van der Waals surface area contributed by atoms with Gasteiger partial charge in [0.15, 0.2) is 11.7 Å². The Kier molecular flexibility index (Phi) is 7.35. The third-order valence-electron chi connectivity index (χ3n) is 3.35. The van der Waals surface area contributed by atoms with Gasteiger partial charge in [0.25, 0.3) is 5.91 Å². The number of benzene rings is 2. The summed E-state index contributed by atoms with van der Waals surface area (Å²) in [5.74, 6) is 0.154. The molecule has 0 heterocycles. The Morgan fingerprint density at radius 1 is 1.12 bits per heavy atom. The predicted molar refractivity (Wildman–Crippen MR) is 109 cm³/mol. The molecular formula is C18H20BrN3O3S. The molecule has 0 saturated carbocycles. The Morgan fingerprint density at radius 2 is 1.85 bits per heavy atom. The Hall–Kier alpha value is -2.19. The molecular weight excluding hydrogens is 418 g/mol. The molecule has 0 radical (unpaired) electrons. The molecule has 0 spiro atoms. The number of amides is 2. The van der Waals surface area contributed by atoms with Gasteiger partial charge in [0.1, 0.15) is 5.75 Å². The highest BCUT2D eigenvalue weighted by Gasteiger charge is 2.10. The number of hydrogen-bond acceptors (Lipinski definition) is 4. The molecule has 0 saturated heterocycles. The lowest BCUT2D eigenvalue weighted by atomic mass is 10.1. The molecule has 2 aromatic carbocycles. The molecule has 0 bridgehead atoms. The minimum absolute atomic E-state index is 0.0379.